The Morgan fingerprint density at radius 1 is 1.36 bits per heavy atom. The maximum absolute atomic E-state index is 11.8. The minimum atomic E-state index is -0.482. The summed E-state index contributed by atoms with van der Waals surface area (Å²) < 4.78 is 5.29. The van der Waals surface area contributed by atoms with Gasteiger partial charge in [-0.15, -0.1) is 11.3 Å². The molecule has 0 aliphatic carbocycles. The van der Waals surface area contributed by atoms with Crippen LogP contribution in [0.4, 0.5) is 4.79 Å². The smallest absolute Gasteiger partial charge is 0.407 e. The Balaban J connectivity index is 2.57. The molecule has 2 N–H and O–H groups in total. The first-order valence-corrected chi connectivity index (χ1v) is 8.53. The SMILES string of the molecule is Cc1csc(CNC(C)(CNC(=O)OC(C)(C)C)C(C)C)n1. The Morgan fingerprint density at radius 2 is 2.00 bits per heavy atom. The summed E-state index contributed by atoms with van der Waals surface area (Å²) in [7, 11) is 0. The van der Waals surface area contributed by atoms with Gasteiger partial charge in [0.2, 0.25) is 0 Å². The average molecular weight is 327 g/mol. The number of aryl methyl sites for hydroxylation is 1. The van der Waals surface area contributed by atoms with E-state index in [0.29, 0.717) is 19.0 Å². The molecule has 1 aromatic heterocycles. The van der Waals surface area contributed by atoms with Crippen molar-refractivity contribution in [3.05, 3.63) is 16.1 Å². The zero-order valence-corrected chi connectivity index (χ0v) is 15.6. The highest BCUT2D eigenvalue weighted by Gasteiger charge is 2.29. The molecule has 0 saturated carbocycles. The molecule has 126 valence electrons. The number of ether oxygens (including phenoxy) is 1. The molecule has 0 radical (unpaired) electrons. The van der Waals surface area contributed by atoms with Gasteiger partial charge in [-0.1, -0.05) is 13.8 Å². The number of rotatable bonds is 6. The van der Waals surface area contributed by atoms with E-state index in [1.807, 2.05) is 33.1 Å². The van der Waals surface area contributed by atoms with Crippen LogP contribution in [0.25, 0.3) is 0 Å². The number of hydrogen-bond donors (Lipinski definition) is 2. The molecule has 0 aliphatic heterocycles. The first kappa shape index (κ1) is 18.9. The molecule has 1 aromatic rings. The maximum atomic E-state index is 11.8. The summed E-state index contributed by atoms with van der Waals surface area (Å²) >= 11 is 1.65. The summed E-state index contributed by atoms with van der Waals surface area (Å²) in [4.78, 5) is 16.3. The fraction of sp³-hybridized carbons (Fsp3) is 0.750. The second kappa shape index (κ2) is 7.42. The van der Waals surface area contributed by atoms with Gasteiger partial charge in [-0.2, -0.15) is 0 Å². The van der Waals surface area contributed by atoms with E-state index in [0.717, 1.165) is 10.7 Å². The molecule has 1 unspecified atom stereocenters. The number of nitrogens with one attached hydrogen (secondary N) is 2. The first-order valence-electron chi connectivity index (χ1n) is 7.65. The van der Waals surface area contributed by atoms with Gasteiger partial charge < -0.3 is 15.4 Å². The van der Waals surface area contributed by atoms with Crippen LogP contribution in [0.3, 0.4) is 0 Å². The number of carbonyl (C=O) groups excluding carboxylic acids is 1. The lowest BCUT2D eigenvalue weighted by molar-refractivity contribution is 0.0503. The van der Waals surface area contributed by atoms with Crippen LogP contribution in [0.2, 0.25) is 0 Å². The minimum absolute atomic E-state index is 0.226. The molecule has 1 rings (SSSR count). The zero-order chi connectivity index (χ0) is 17.0. The fourth-order valence-corrected chi connectivity index (χ4v) is 2.51. The van der Waals surface area contributed by atoms with E-state index in [1.165, 1.54) is 0 Å². The second-order valence-electron chi connectivity index (χ2n) is 7.16. The summed E-state index contributed by atoms with van der Waals surface area (Å²) in [5.74, 6) is 0.350. The molecule has 22 heavy (non-hydrogen) atoms. The van der Waals surface area contributed by atoms with E-state index in [-0.39, 0.29) is 11.6 Å². The number of thiazole rings is 1. The molecule has 0 bridgehead atoms. The van der Waals surface area contributed by atoms with Crippen LogP contribution in [0, 0.1) is 12.8 Å². The molecule has 1 atom stereocenters. The van der Waals surface area contributed by atoms with Crippen molar-refractivity contribution in [1.29, 1.82) is 0 Å². The van der Waals surface area contributed by atoms with Gasteiger partial charge in [-0.3, -0.25) is 0 Å². The summed E-state index contributed by atoms with van der Waals surface area (Å²) in [6.45, 7) is 15.1. The van der Waals surface area contributed by atoms with Gasteiger partial charge in [0.05, 0.1) is 0 Å². The highest BCUT2D eigenvalue weighted by molar-refractivity contribution is 7.09. The summed E-state index contributed by atoms with van der Waals surface area (Å²) in [6, 6.07) is 0. The van der Waals surface area contributed by atoms with E-state index in [1.54, 1.807) is 11.3 Å². The third-order valence-corrected chi connectivity index (χ3v) is 4.55. The number of amides is 1. The molecular weight excluding hydrogens is 298 g/mol. The quantitative estimate of drug-likeness (QED) is 0.839. The van der Waals surface area contributed by atoms with Gasteiger partial charge in [0, 0.05) is 29.7 Å². The number of nitrogens with zero attached hydrogens (tertiary/aromatic N) is 1. The van der Waals surface area contributed by atoms with Gasteiger partial charge in [-0.05, 0) is 40.5 Å². The monoisotopic (exact) mass is 327 g/mol. The summed E-state index contributed by atoms with van der Waals surface area (Å²) in [5.41, 5.74) is 0.334. The van der Waals surface area contributed by atoms with Crippen LogP contribution in [-0.4, -0.2) is 28.8 Å². The third kappa shape index (κ3) is 6.32. The van der Waals surface area contributed by atoms with Gasteiger partial charge in [-0.25, -0.2) is 9.78 Å². The van der Waals surface area contributed by atoms with E-state index in [4.69, 9.17) is 4.74 Å². The standard InChI is InChI=1S/C16H29N3O2S/c1-11(2)16(7,10-17-14(20)21-15(4,5)6)18-8-13-19-12(3)9-22-13/h9,11,18H,8,10H2,1-7H3,(H,17,20). The van der Waals surface area contributed by atoms with Gasteiger partial charge in [0.1, 0.15) is 10.6 Å². The minimum Gasteiger partial charge on any atom is -0.444 e. The van der Waals surface area contributed by atoms with Gasteiger partial charge in [0.15, 0.2) is 0 Å². The van der Waals surface area contributed by atoms with Crippen LogP contribution in [0.1, 0.15) is 52.2 Å². The second-order valence-corrected chi connectivity index (χ2v) is 8.11. The molecule has 0 spiro atoms. The van der Waals surface area contributed by atoms with E-state index in [2.05, 4.69) is 36.4 Å². The molecule has 0 aromatic carbocycles. The predicted octanol–water partition coefficient (Wildman–Crippen LogP) is 3.48. The topological polar surface area (TPSA) is 63.2 Å². The molecule has 1 heterocycles. The third-order valence-electron chi connectivity index (χ3n) is 3.58. The molecule has 5 nitrogen and oxygen atoms in total. The Morgan fingerprint density at radius 3 is 2.45 bits per heavy atom. The first-order chi connectivity index (χ1) is 10.0. The Hall–Kier alpha value is -1.14. The van der Waals surface area contributed by atoms with Crippen LogP contribution < -0.4 is 10.6 Å². The highest BCUT2D eigenvalue weighted by atomic mass is 32.1. The fourth-order valence-electron chi connectivity index (χ4n) is 1.80. The molecular formula is C16H29N3O2S. The normalized spacial score (nSPS) is 14.7. The lowest BCUT2D eigenvalue weighted by Gasteiger charge is -2.35. The van der Waals surface area contributed by atoms with Crippen molar-refractivity contribution in [3.63, 3.8) is 0 Å². The van der Waals surface area contributed by atoms with Crippen molar-refractivity contribution in [2.75, 3.05) is 6.54 Å². The number of hydrogen-bond acceptors (Lipinski definition) is 5. The van der Waals surface area contributed by atoms with Gasteiger partial charge >= 0.3 is 6.09 Å². The molecule has 6 heteroatoms. The van der Waals surface area contributed by atoms with E-state index in [9.17, 15) is 4.79 Å². The maximum Gasteiger partial charge on any atom is 0.407 e. The zero-order valence-electron chi connectivity index (χ0n) is 14.7. The van der Waals surface area contributed by atoms with Crippen molar-refractivity contribution in [2.24, 2.45) is 5.92 Å². The molecule has 0 fully saturated rings. The summed E-state index contributed by atoms with van der Waals surface area (Å²) in [5, 5.41) is 9.48. The number of aromatic nitrogens is 1. The van der Waals surface area contributed by atoms with Crippen molar-refractivity contribution in [3.8, 4) is 0 Å². The predicted molar refractivity (Wildman–Crippen MR) is 91.2 cm³/mol. The van der Waals surface area contributed by atoms with Crippen LogP contribution in [0.15, 0.2) is 5.38 Å². The highest BCUT2D eigenvalue weighted by Crippen LogP contribution is 2.18. The lowest BCUT2D eigenvalue weighted by atomic mass is 9.88. The Labute approximate surface area is 137 Å². The van der Waals surface area contributed by atoms with Crippen molar-refractivity contribution < 1.29 is 9.53 Å². The number of alkyl carbamates (subject to hydrolysis) is 1. The number of carbonyl (C=O) groups is 1. The average Bonchev–Trinajstić information content (AvgIpc) is 2.77. The van der Waals surface area contributed by atoms with Crippen LogP contribution in [0.5, 0.6) is 0 Å². The van der Waals surface area contributed by atoms with E-state index < -0.39 is 5.60 Å². The Bertz CT molecular complexity index is 494. The van der Waals surface area contributed by atoms with Gasteiger partial charge in [0.25, 0.3) is 0 Å². The molecule has 0 aliphatic rings. The van der Waals surface area contributed by atoms with Crippen molar-refractivity contribution in [2.45, 2.75) is 66.2 Å². The van der Waals surface area contributed by atoms with E-state index >= 15 is 0 Å². The largest absolute Gasteiger partial charge is 0.444 e. The summed E-state index contributed by atoms with van der Waals surface area (Å²) in [6.07, 6.45) is -0.383. The molecule has 0 saturated heterocycles. The molecule has 1 amide bonds. The van der Waals surface area contributed by atoms with Crippen LogP contribution in [-0.2, 0) is 11.3 Å². The Kier molecular flexibility index (Phi) is 6.38. The van der Waals surface area contributed by atoms with Crippen molar-refractivity contribution >= 4 is 17.4 Å². The van der Waals surface area contributed by atoms with Crippen LogP contribution >= 0.6 is 11.3 Å². The lowest BCUT2D eigenvalue weighted by Crippen LogP contribution is -2.55. The van der Waals surface area contributed by atoms with Crippen molar-refractivity contribution in [1.82, 2.24) is 15.6 Å².